The summed E-state index contributed by atoms with van der Waals surface area (Å²) >= 11 is 0. The van der Waals surface area contributed by atoms with E-state index in [9.17, 15) is 19.8 Å². The molecule has 0 saturated carbocycles. The van der Waals surface area contributed by atoms with Crippen LogP contribution in [0.2, 0.25) is 0 Å². The van der Waals surface area contributed by atoms with Gasteiger partial charge in [0.05, 0.1) is 13.2 Å². The topological polar surface area (TPSA) is 125 Å². The summed E-state index contributed by atoms with van der Waals surface area (Å²) in [6.45, 7) is 2.44. The summed E-state index contributed by atoms with van der Waals surface area (Å²) in [6, 6.07) is 0. The number of ether oxygens (including phenoxy) is 1. The standard InChI is InChI=1S/C12H18N2O6/c1-6-3-14(11(18)13-10(6)17)4-8-12(2,19)9(16)7(5-15)20-8/h3,7-9,15-16,19H,4-5H2,1-2H3,(H,13,17,18). The number of aliphatic hydroxyl groups is 3. The molecule has 8 heteroatoms. The van der Waals surface area contributed by atoms with Crippen LogP contribution in [0.4, 0.5) is 0 Å². The molecule has 1 fully saturated rings. The smallest absolute Gasteiger partial charge is 0.328 e. The maximum absolute atomic E-state index is 11.7. The molecule has 0 amide bonds. The molecule has 2 heterocycles. The Kier molecular flexibility index (Phi) is 3.83. The minimum Gasteiger partial charge on any atom is -0.394 e. The first-order chi connectivity index (χ1) is 9.27. The predicted molar refractivity (Wildman–Crippen MR) is 68.4 cm³/mol. The Labute approximate surface area is 114 Å². The third kappa shape index (κ3) is 2.42. The Bertz CT molecular complexity index is 605. The van der Waals surface area contributed by atoms with Crippen LogP contribution in [0.15, 0.2) is 15.8 Å². The molecule has 1 aromatic heterocycles. The summed E-state index contributed by atoms with van der Waals surface area (Å²) in [5.41, 5.74) is -2.35. The summed E-state index contributed by atoms with van der Waals surface area (Å²) in [6.07, 6.45) is -1.68. The second kappa shape index (κ2) is 5.13. The van der Waals surface area contributed by atoms with Crippen LogP contribution in [0.3, 0.4) is 0 Å². The van der Waals surface area contributed by atoms with E-state index in [4.69, 9.17) is 9.84 Å². The van der Waals surface area contributed by atoms with Gasteiger partial charge in [-0.05, 0) is 13.8 Å². The normalized spacial score (nSPS) is 33.5. The van der Waals surface area contributed by atoms with E-state index in [1.165, 1.54) is 17.7 Å². The molecule has 4 unspecified atom stereocenters. The minimum absolute atomic E-state index is 0.0446. The lowest BCUT2D eigenvalue weighted by molar-refractivity contribution is -0.0684. The highest BCUT2D eigenvalue weighted by Gasteiger charge is 2.51. The van der Waals surface area contributed by atoms with Crippen LogP contribution in [-0.2, 0) is 11.3 Å². The van der Waals surface area contributed by atoms with Crippen molar-refractivity contribution in [2.24, 2.45) is 0 Å². The van der Waals surface area contributed by atoms with Crippen LogP contribution in [0.5, 0.6) is 0 Å². The van der Waals surface area contributed by atoms with E-state index in [1.54, 1.807) is 6.92 Å². The Morgan fingerprint density at radius 2 is 2.15 bits per heavy atom. The number of nitrogens with one attached hydrogen (secondary N) is 1. The number of rotatable bonds is 3. The van der Waals surface area contributed by atoms with Crippen LogP contribution in [-0.4, -0.2) is 55.4 Å². The highest BCUT2D eigenvalue weighted by molar-refractivity contribution is 5.04. The van der Waals surface area contributed by atoms with E-state index in [-0.39, 0.29) is 6.54 Å². The molecule has 4 N–H and O–H groups in total. The van der Waals surface area contributed by atoms with Crippen molar-refractivity contribution in [1.82, 2.24) is 9.55 Å². The first kappa shape index (κ1) is 14.9. The van der Waals surface area contributed by atoms with E-state index in [0.29, 0.717) is 5.56 Å². The number of aryl methyl sites for hydroxylation is 1. The highest BCUT2D eigenvalue weighted by Crippen LogP contribution is 2.31. The number of nitrogens with zero attached hydrogens (tertiary/aromatic N) is 1. The van der Waals surface area contributed by atoms with Gasteiger partial charge in [0.2, 0.25) is 0 Å². The molecule has 4 atom stereocenters. The molecule has 1 aromatic rings. The summed E-state index contributed by atoms with van der Waals surface area (Å²) in [7, 11) is 0. The van der Waals surface area contributed by atoms with Crippen LogP contribution in [0, 0.1) is 6.92 Å². The Morgan fingerprint density at radius 3 is 2.70 bits per heavy atom. The van der Waals surface area contributed by atoms with Gasteiger partial charge in [0.15, 0.2) is 0 Å². The first-order valence-corrected chi connectivity index (χ1v) is 6.24. The van der Waals surface area contributed by atoms with Gasteiger partial charge in [-0.15, -0.1) is 0 Å². The molecule has 1 aliphatic rings. The van der Waals surface area contributed by atoms with E-state index in [0.717, 1.165) is 0 Å². The van der Waals surface area contributed by atoms with Gasteiger partial charge in [-0.25, -0.2) is 4.79 Å². The number of hydrogen-bond donors (Lipinski definition) is 4. The van der Waals surface area contributed by atoms with E-state index in [1.807, 2.05) is 0 Å². The van der Waals surface area contributed by atoms with Gasteiger partial charge >= 0.3 is 5.69 Å². The van der Waals surface area contributed by atoms with Crippen molar-refractivity contribution in [3.8, 4) is 0 Å². The first-order valence-electron chi connectivity index (χ1n) is 6.24. The molecule has 1 saturated heterocycles. The molecule has 0 bridgehead atoms. The second-order valence-electron chi connectivity index (χ2n) is 5.24. The number of aromatic nitrogens is 2. The molecule has 0 aliphatic carbocycles. The molecule has 2 rings (SSSR count). The average molecular weight is 286 g/mol. The van der Waals surface area contributed by atoms with Gasteiger partial charge in [-0.1, -0.05) is 0 Å². The van der Waals surface area contributed by atoms with Gasteiger partial charge < -0.3 is 20.1 Å². The molecule has 20 heavy (non-hydrogen) atoms. The Morgan fingerprint density at radius 1 is 1.50 bits per heavy atom. The molecule has 112 valence electrons. The summed E-state index contributed by atoms with van der Waals surface area (Å²) in [5, 5.41) is 29.2. The molecule has 1 aliphatic heterocycles. The highest BCUT2D eigenvalue weighted by atomic mass is 16.6. The van der Waals surface area contributed by atoms with Gasteiger partial charge in [-0.3, -0.25) is 14.3 Å². The van der Waals surface area contributed by atoms with Crippen LogP contribution >= 0.6 is 0 Å². The lowest BCUT2D eigenvalue weighted by Gasteiger charge is -2.26. The largest absolute Gasteiger partial charge is 0.394 e. The van der Waals surface area contributed by atoms with Crippen molar-refractivity contribution in [2.75, 3.05) is 6.61 Å². The fourth-order valence-electron chi connectivity index (χ4n) is 2.29. The summed E-state index contributed by atoms with van der Waals surface area (Å²) < 4.78 is 6.56. The molecule has 0 radical (unpaired) electrons. The predicted octanol–water partition coefficient (Wildman–Crippen LogP) is -2.28. The third-order valence-corrected chi connectivity index (χ3v) is 3.67. The Balaban J connectivity index is 2.29. The van der Waals surface area contributed by atoms with Crippen LogP contribution in [0.1, 0.15) is 12.5 Å². The minimum atomic E-state index is -1.60. The average Bonchev–Trinajstić information content (AvgIpc) is 2.59. The van der Waals surface area contributed by atoms with Crippen LogP contribution < -0.4 is 11.2 Å². The van der Waals surface area contributed by atoms with Gasteiger partial charge in [0, 0.05) is 11.8 Å². The van der Waals surface area contributed by atoms with E-state index >= 15 is 0 Å². The molecule has 0 aromatic carbocycles. The fraction of sp³-hybridized carbons (Fsp3) is 0.667. The lowest BCUT2D eigenvalue weighted by atomic mass is 9.93. The number of aromatic amines is 1. The SMILES string of the molecule is Cc1cn(CC2OC(CO)C(O)C2(C)O)c(=O)[nH]c1=O. The van der Waals surface area contributed by atoms with Crippen molar-refractivity contribution in [1.29, 1.82) is 0 Å². The van der Waals surface area contributed by atoms with Crippen molar-refractivity contribution < 1.29 is 20.1 Å². The van der Waals surface area contributed by atoms with Gasteiger partial charge in [-0.2, -0.15) is 0 Å². The third-order valence-electron chi connectivity index (χ3n) is 3.67. The summed E-state index contributed by atoms with van der Waals surface area (Å²) in [5.74, 6) is 0. The molecular formula is C12H18N2O6. The lowest BCUT2D eigenvalue weighted by Crippen LogP contribution is -2.48. The molecule has 0 spiro atoms. The molecular weight excluding hydrogens is 268 g/mol. The zero-order chi connectivity index (χ0) is 15.1. The zero-order valence-corrected chi connectivity index (χ0v) is 11.2. The summed E-state index contributed by atoms with van der Waals surface area (Å²) in [4.78, 5) is 25.1. The second-order valence-corrected chi connectivity index (χ2v) is 5.24. The van der Waals surface area contributed by atoms with Crippen molar-refractivity contribution in [3.05, 3.63) is 32.6 Å². The maximum Gasteiger partial charge on any atom is 0.328 e. The van der Waals surface area contributed by atoms with Crippen molar-refractivity contribution >= 4 is 0 Å². The fourth-order valence-corrected chi connectivity index (χ4v) is 2.29. The van der Waals surface area contributed by atoms with Crippen molar-refractivity contribution in [2.45, 2.75) is 44.3 Å². The van der Waals surface area contributed by atoms with Gasteiger partial charge in [0.25, 0.3) is 5.56 Å². The maximum atomic E-state index is 11.7. The molecule has 8 nitrogen and oxygen atoms in total. The Hall–Kier alpha value is -1.48. The number of H-pyrrole nitrogens is 1. The van der Waals surface area contributed by atoms with Crippen molar-refractivity contribution in [3.63, 3.8) is 0 Å². The zero-order valence-electron chi connectivity index (χ0n) is 11.2. The van der Waals surface area contributed by atoms with E-state index < -0.39 is 41.8 Å². The van der Waals surface area contributed by atoms with E-state index in [2.05, 4.69) is 4.98 Å². The van der Waals surface area contributed by atoms with Crippen LogP contribution in [0.25, 0.3) is 0 Å². The number of aliphatic hydroxyl groups excluding tert-OH is 2. The number of hydrogen-bond acceptors (Lipinski definition) is 6. The monoisotopic (exact) mass is 286 g/mol. The van der Waals surface area contributed by atoms with Gasteiger partial charge in [0.1, 0.15) is 23.9 Å². The quantitative estimate of drug-likeness (QED) is 0.496.